The van der Waals surface area contributed by atoms with E-state index in [1.165, 1.54) is 13.2 Å². The molecule has 3 aromatic carbocycles. The zero-order chi connectivity index (χ0) is 29.3. The van der Waals surface area contributed by atoms with E-state index in [9.17, 15) is 24.7 Å². The normalized spacial score (nSPS) is 13.1. The number of azo groups is 2. The number of methoxy groups -OCH3 is 1. The molecule has 0 fully saturated rings. The van der Waals surface area contributed by atoms with Gasteiger partial charge in [-0.1, -0.05) is 6.07 Å². The number of aliphatic hydroxyl groups is 1. The van der Waals surface area contributed by atoms with Crippen molar-refractivity contribution >= 4 is 41.7 Å². The average molecular weight is 571 g/mol. The number of hydrogen-bond acceptors (Lipinski definition) is 11. The summed E-state index contributed by atoms with van der Waals surface area (Å²) in [6, 6.07) is 15.2. The molecular weight excluding hydrogens is 539 g/mol. The Labute approximate surface area is 231 Å². The van der Waals surface area contributed by atoms with Crippen LogP contribution < -0.4 is 9.64 Å². The quantitative estimate of drug-likeness (QED) is 0.0991. The Morgan fingerprint density at radius 3 is 2.25 bits per heavy atom. The zero-order valence-electron chi connectivity index (χ0n) is 22.6. The predicted octanol–water partition coefficient (Wildman–Crippen LogP) is 6.68. The molecule has 0 amide bonds. The first-order valence-electron chi connectivity index (χ1n) is 12.2. The van der Waals surface area contributed by atoms with Crippen LogP contribution in [0.4, 0.5) is 34.1 Å². The summed E-state index contributed by atoms with van der Waals surface area (Å²) < 4.78 is 21.7. The summed E-state index contributed by atoms with van der Waals surface area (Å²) >= 11 is 0. The molecule has 14 heteroatoms. The molecule has 0 aliphatic carbocycles. The van der Waals surface area contributed by atoms with Crippen LogP contribution >= 0.6 is 7.60 Å². The van der Waals surface area contributed by atoms with E-state index >= 15 is 0 Å². The molecule has 3 aromatic rings. The third kappa shape index (κ3) is 8.75. The molecule has 0 spiro atoms. The van der Waals surface area contributed by atoms with Gasteiger partial charge in [0, 0.05) is 37.6 Å². The Hall–Kier alpha value is -4.03. The van der Waals surface area contributed by atoms with Crippen LogP contribution in [0.5, 0.6) is 5.75 Å². The highest BCUT2D eigenvalue weighted by Gasteiger charge is 2.15. The van der Waals surface area contributed by atoms with Gasteiger partial charge >= 0.3 is 7.60 Å². The lowest BCUT2D eigenvalue weighted by Gasteiger charge is -2.24. The Bertz CT molecular complexity index is 1440. The highest BCUT2D eigenvalue weighted by Crippen LogP contribution is 2.38. The molecule has 1 unspecified atom stereocenters. The Morgan fingerprint density at radius 1 is 0.950 bits per heavy atom. The summed E-state index contributed by atoms with van der Waals surface area (Å²) in [5.74, 6) is 0.393. The second-order valence-electron chi connectivity index (χ2n) is 8.82. The molecule has 0 aliphatic rings. The predicted molar refractivity (Wildman–Crippen MR) is 151 cm³/mol. The van der Waals surface area contributed by atoms with Crippen LogP contribution in [0.2, 0.25) is 0 Å². The number of aryl methyl sites for hydroxylation is 2. The van der Waals surface area contributed by atoms with E-state index in [0.717, 1.165) is 17.9 Å². The van der Waals surface area contributed by atoms with E-state index in [-0.39, 0.29) is 24.6 Å². The summed E-state index contributed by atoms with van der Waals surface area (Å²) in [6.07, 6.45) is 0. The van der Waals surface area contributed by atoms with E-state index in [4.69, 9.17) is 9.26 Å². The zero-order valence-corrected chi connectivity index (χ0v) is 23.5. The van der Waals surface area contributed by atoms with Crippen molar-refractivity contribution in [2.24, 2.45) is 20.5 Å². The summed E-state index contributed by atoms with van der Waals surface area (Å²) in [4.78, 5) is 22.0. The van der Waals surface area contributed by atoms with Crippen molar-refractivity contribution < 1.29 is 28.7 Å². The summed E-state index contributed by atoms with van der Waals surface area (Å²) in [7, 11) is -2.10. The average Bonchev–Trinajstić information content (AvgIpc) is 2.91. The van der Waals surface area contributed by atoms with Crippen LogP contribution in [0.25, 0.3) is 0 Å². The van der Waals surface area contributed by atoms with Crippen molar-refractivity contribution in [1.82, 2.24) is 0 Å². The first-order valence-corrected chi connectivity index (χ1v) is 14.2. The van der Waals surface area contributed by atoms with Crippen LogP contribution in [0.1, 0.15) is 11.1 Å². The number of nitro groups is 1. The number of rotatable bonds is 13. The molecule has 212 valence electrons. The van der Waals surface area contributed by atoms with Gasteiger partial charge in [-0.25, -0.2) is 0 Å². The van der Waals surface area contributed by atoms with Gasteiger partial charge in [0.2, 0.25) is 0 Å². The van der Waals surface area contributed by atoms with Gasteiger partial charge < -0.3 is 24.2 Å². The van der Waals surface area contributed by atoms with Crippen LogP contribution in [-0.4, -0.2) is 55.0 Å². The van der Waals surface area contributed by atoms with Crippen LogP contribution in [0.15, 0.2) is 75.1 Å². The second kappa shape index (κ2) is 13.9. The first kappa shape index (κ1) is 30.5. The SMILES string of the molecule is COc1cc(N=Nc2ccc(C)cc2[N+](=O)[O-])c(C)cc1N=Nc1ccc(N(CCO)CCOP(C)(=O)O)cc1. The maximum atomic E-state index is 11.4. The topological polar surface area (TPSA) is 172 Å². The molecule has 0 radical (unpaired) electrons. The minimum Gasteiger partial charge on any atom is -0.494 e. The Balaban J connectivity index is 1.77. The molecule has 0 bridgehead atoms. The van der Waals surface area contributed by atoms with Crippen LogP contribution in [0, 0.1) is 24.0 Å². The number of anilines is 1. The molecule has 13 nitrogen and oxygen atoms in total. The molecular formula is C26H31N6O7P. The maximum Gasteiger partial charge on any atom is 0.325 e. The Morgan fingerprint density at radius 2 is 1.62 bits per heavy atom. The number of ether oxygens (including phenoxy) is 1. The van der Waals surface area contributed by atoms with Gasteiger partial charge in [0.05, 0.1) is 36.6 Å². The van der Waals surface area contributed by atoms with Gasteiger partial charge in [0.25, 0.3) is 5.69 Å². The number of aliphatic hydroxyl groups excluding tert-OH is 1. The molecule has 0 aliphatic heterocycles. The Kier molecular flexibility index (Phi) is 10.6. The fourth-order valence-corrected chi connectivity index (χ4v) is 4.06. The molecule has 2 N–H and O–H groups in total. The van der Waals surface area contributed by atoms with Crippen LogP contribution in [-0.2, 0) is 9.09 Å². The standard InChI is InChI=1S/C26H31N6O7P/c1-18-5-10-22(25(15-18)32(34)35)28-29-23-17-26(38-3)24(16-19(23)2)30-27-20-6-8-21(9-7-20)31(11-13-33)12-14-39-40(4,36)37/h5-10,15-17,33H,11-14H2,1-4H3,(H,36,37). The van der Waals surface area contributed by atoms with Crippen molar-refractivity contribution in [3.8, 4) is 5.75 Å². The third-order valence-corrected chi connectivity index (χ3v) is 6.30. The van der Waals surface area contributed by atoms with E-state index in [1.54, 1.807) is 62.4 Å². The van der Waals surface area contributed by atoms with Gasteiger partial charge in [-0.3, -0.25) is 14.7 Å². The minimum atomic E-state index is -3.58. The number of nitrogens with zero attached hydrogens (tertiary/aromatic N) is 6. The summed E-state index contributed by atoms with van der Waals surface area (Å²) in [5.41, 5.74) is 3.73. The summed E-state index contributed by atoms with van der Waals surface area (Å²) in [5, 5.41) is 37.6. The van der Waals surface area contributed by atoms with Crippen molar-refractivity contribution in [3.63, 3.8) is 0 Å². The first-order chi connectivity index (χ1) is 19.0. The van der Waals surface area contributed by atoms with Gasteiger partial charge in [-0.05, 0) is 61.4 Å². The molecule has 0 aromatic heterocycles. The van der Waals surface area contributed by atoms with E-state index in [2.05, 4.69) is 20.5 Å². The van der Waals surface area contributed by atoms with Crippen molar-refractivity contribution in [2.75, 3.05) is 45.0 Å². The number of hydrogen-bond donors (Lipinski definition) is 2. The molecule has 0 saturated heterocycles. The lowest BCUT2D eigenvalue weighted by molar-refractivity contribution is -0.384. The van der Waals surface area contributed by atoms with Crippen LogP contribution in [0.3, 0.4) is 0 Å². The van der Waals surface area contributed by atoms with E-state index in [0.29, 0.717) is 41.5 Å². The third-order valence-electron chi connectivity index (χ3n) is 5.64. The second-order valence-corrected chi connectivity index (χ2v) is 10.7. The smallest absolute Gasteiger partial charge is 0.325 e. The lowest BCUT2D eigenvalue weighted by Crippen LogP contribution is -2.30. The van der Waals surface area contributed by atoms with Crippen molar-refractivity contribution in [3.05, 3.63) is 75.8 Å². The van der Waals surface area contributed by atoms with Crippen molar-refractivity contribution in [2.45, 2.75) is 13.8 Å². The van der Waals surface area contributed by atoms with Gasteiger partial charge in [-0.2, -0.15) is 5.11 Å². The van der Waals surface area contributed by atoms with Gasteiger partial charge in [0.1, 0.15) is 11.4 Å². The highest BCUT2D eigenvalue weighted by atomic mass is 31.2. The lowest BCUT2D eigenvalue weighted by atomic mass is 10.1. The monoisotopic (exact) mass is 570 g/mol. The van der Waals surface area contributed by atoms with Crippen molar-refractivity contribution in [1.29, 1.82) is 0 Å². The maximum absolute atomic E-state index is 11.4. The van der Waals surface area contributed by atoms with Gasteiger partial charge in [0.15, 0.2) is 5.69 Å². The fourth-order valence-electron chi connectivity index (χ4n) is 3.64. The number of nitro benzene ring substituents is 1. The number of benzene rings is 3. The molecule has 0 heterocycles. The van der Waals surface area contributed by atoms with E-state index < -0.39 is 12.5 Å². The molecule has 40 heavy (non-hydrogen) atoms. The largest absolute Gasteiger partial charge is 0.494 e. The minimum absolute atomic E-state index is 0.0301. The molecule has 0 saturated carbocycles. The van der Waals surface area contributed by atoms with E-state index in [1.807, 2.05) is 4.90 Å². The summed E-state index contributed by atoms with van der Waals surface area (Å²) in [6.45, 7) is 5.26. The fraction of sp³-hybridized carbons (Fsp3) is 0.308. The molecule has 3 rings (SSSR count). The molecule has 1 atom stereocenters. The highest BCUT2D eigenvalue weighted by molar-refractivity contribution is 7.51. The van der Waals surface area contributed by atoms with Gasteiger partial charge in [-0.15, -0.1) is 15.3 Å².